The molecule has 2 aromatic carbocycles. The number of para-hydroxylation sites is 1. The lowest BCUT2D eigenvalue weighted by Gasteiger charge is -2.11. The summed E-state index contributed by atoms with van der Waals surface area (Å²) in [6.45, 7) is 0.449. The summed E-state index contributed by atoms with van der Waals surface area (Å²) in [7, 11) is 1.62. The highest BCUT2D eigenvalue weighted by Gasteiger charge is 2.14. The molecule has 1 amide bonds. The lowest BCUT2D eigenvalue weighted by Crippen LogP contribution is -2.27. The number of pyridine rings is 1. The number of carbonyl (C=O) groups is 1. The smallest absolute Gasteiger partial charge is 0.251 e. The molecule has 6 nitrogen and oxygen atoms in total. The molecule has 2 aromatic heterocycles. The van der Waals surface area contributed by atoms with Crippen LogP contribution in [-0.2, 0) is 11.2 Å². The molecule has 0 bridgehead atoms. The highest BCUT2D eigenvalue weighted by Crippen LogP contribution is 2.24. The van der Waals surface area contributed by atoms with Crippen LogP contribution in [0.15, 0.2) is 79.0 Å². The van der Waals surface area contributed by atoms with Gasteiger partial charge in [-0.15, -0.1) is 10.2 Å². The molecule has 0 aliphatic carbocycles. The second-order valence-electron chi connectivity index (χ2n) is 6.72. The largest absolute Gasteiger partial charge is 0.496 e. The van der Waals surface area contributed by atoms with Gasteiger partial charge >= 0.3 is 0 Å². The normalized spacial score (nSPS) is 11.4. The van der Waals surface area contributed by atoms with Crippen LogP contribution in [0.25, 0.3) is 17.3 Å². The van der Waals surface area contributed by atoms with Gasteiger partial charge in [0.2, 0.25) is 0 Å². The third-order valence-corrected chi connectivity index (χ3v) is 4.79. The number of ether oxygens (including phenoxy) is 1. The summed E-state index contributed by atoms with van der Waals surface area (Å²) in [6, 6.07) is 23.0. The van der Waals surface area contributed by atoms with Gasteiger partial charge < -0.3 is 10.1 Å². The molecule has 0 atom stereocenters. The van der Waals surface area contributed by atoms with Crippen molar-refractivity contribution in [2.45, 2.75) is 6.42 Å². The van der Waals surface area contributed by atoms with Gasteiger partial charge in [0.1, 0.15) is 11.6 Å². The standard InChI is InChI=1S/C24H22N4O2/c1-30-21-12-6-5-11-19(21)17-20(18-9-3-2-4-10-18)24(29)25-15-14-23-27-26-22-13-7-8-16-28(22)23/h2-13,16-17H,14-15H2,1H3,(H,25,29)/b20-17+. The van der Waals surface area contributed by atoms with Crippen LogP contribution in [0, 0.1) is 0 Å². The minimum Gasteiger partial charge on any atom is -0.496 e. The van der Waals surface area contributed by atoms with Gasteiger partial charge in [0.25, 0.3) is 5.91 Å². The maximum Gasteiger partial charge on any atom is 0.251 e. The molecular weight excluding hydrogens is 376 g/mol. The average molecular weight is 398 g/mol. The van der Waals surface area contributed by atoms with Crippen LogP contribution in [0.1, 0.15) is 17.0 Å². The number of methoxy groups -OCH3 is 1. The SMILES string of the molecule is COc1ccccc1/C=C(/C(=O)NCCc1nnc2ccccn12)c1ccccc1. The van der Waals surface area contributed by atoms with Crippen molar-refractivity contribution in [2.75, 3.05) is 13.7 Å². The monoisotopic (exact) mass is 398 g/mol. The van der Waals surface area contributed by atoms with Crippen LogP contribution in [0.5, 0.6) is 5.75 Å². The maximum atomic E-state index is 13.1. The van der Waals surface area contributed by atoms with E-state index in [0.29, 0.717) is 24.3 Å². The van der Waals surface area contributed by atoms with Gasteiger partial charge in [-0.3, -0.25) is 9.20 Å². The van der Waals surface area contributed by atoms with Gasteiger partial charge in [-0.05, 0) is 29.8 Å². The van der Waals surface area contributed by atoms with E-state index in [9.17, 15) is 4.79 Å². The third-order valence-electron chi connectivity index (χ3n) is 4.79. The minimum absolute atomic E-state index is 0.152. The fraction of sp³-hybridized carbons (Fsp3) is 0.125. The van der Waals surface area contributed by atoms with Crippen LogP contribution < -0.4 is 10.1 Å². The van der Waals surface area contributed by atoms with Crippen LogP contribution in [0.4, 0.5) is 0 Å². The molecule has 6 heteroatoms. The van der Waals surface area contributed by atoms with Crippen LogP contribution in [0.2, 0.25) is 0 Å². The second-order valence-corrected chi connectivity index (χ2v) is 6.72. The van der Waals surface area contributed by atoms with Crippen molar-refractivity contribution in [1.29, 1.82) is 0 Å². The predicted octanol–water partition coefficient (Wildman–Crippen LogP) is 3.64. The Morgan fingerprint density at radius 3 is 2.60 bits per heavy atom. The molecule has 0 aliphatic heterocycles. The first kappa shape index (κ1) is 19.4. The Morgan fingerprint density at radius 2 is 1.77 bits per heavy atom. The number of hydrogen-bond acceptors (Lipinski definition) is 4. The Morgan fingerprint density at radius 1 is 1.00 bits per heavy atom. The fourth-order valence-corrected chi connectivity index (χ4v) is 3.28. The number of nitrogens with one attached hydrogen (secondary N) is 1. The van der Waals surface area contributed by atoms with Crippen LogP contribution in [0.3, 0.4) is 0 Å². The van der Waals surface area contributed by atoms with E-state index in [1.165, 1.54) is 0 Å². The van der Waals surface area contributed by atoms with Crippen molar-refractivity contribution in [2.24, 2.45) is 0 Å². The second kappa shape index (κ2) is 9.05. The summed E-state index contributed by atoms with van der Waals surface area (Å²) in [5.74, 6) is 1.37. The topological polar surface area (TPSA) is 68.5 Å². The summed E-state index contributed by atoms with van der Waals surface area (Å²) in [6.07, 6.45) is 4.35. The summed E-state index contributed by atoms with van der Waals surface area (Å²) in [5, 5.41) is 11.4. The molecule has 2 heterocycles. The van der Waals surface area contributed by atoms with E-state index < -0.39 is 0 Å². The number of nitrogens with zero attached hydrogens (tertiary/aromatic N) is 3. The van der Waals surface area contributed by atoms with Crippen molar-refractivity contribution in [3.63, 3.8) is 0 Å². The van der Waals surface area contributed by atoms with Crippen molar-refractivity contribution < 1.29 is 9.53 Å². The maximum absolute atomic E-state index is 13.1. The molecule has 0 saturated carbocycles. The zero-order chi connectivity index (χ0) is 20.8. The fourth-order valence-electron chi connectivity index (χ4n) is 3.28. The van der Waals surface area contributed by atoms with Gasteiger partial charge in [-0.2, -0.15) is 0 Å². The van der Waals surface area contributed by atoms with Gasteiger partial charge in [0, 0.05) is 30.3 Å². The van der Waals surface area contributed by atoms with Crippen molar-refractivity contribution in [3.8, 4) is 5.75 Å². The third kappa shape index (κ3) is 4.22. The van der Waals surface area contributed by atoms with E-state index in [2.05, 4.69) is 15.5 Å². The molecule has 4 aromatic rings. The zero-order valence-electron chi connectivity index (χ0n) is 16.7. The van der Waals surface area contributed by atoms with Gasteiger partial charge in [0.15, 0.2) is 5.65 Å². The first-order valence-corrected chi connectivity index (χ1v) is 9.73. The average Bonchev–Trinajstić information content (AvgIpc) is 3.21. The first-order chi connectivity index (χ1) is 14.8. The number of benzene rings is 2. The highest BCUT2D eigenvalue weighted by atomic mass is 16.5. The molecule has 4 rings (SSSR count). The summed E-state index contributed by atoms with van der Waals surface area (Å²) < 4.78 is 7.36. The summed E-state index contributed by atoms with van der Waals surface area (Å²) in [5.41, 5.74) is 3.05. The Bertz CT molecular complexity index is 1180. The van der Waals surface area contributed by atoms with Crippen molar-refractivity contribution >= 4 is 23.2 Å². The minimum atomic E-state index is -0.152. The highest BCUT2D eigenvalue weighted by molar-refractivity contribution is 6.24. The molecule has 0 spiro atoms. The molecular formula is C24H22N4O2. The quantitative estimate of drug-likeness (QED) is 0.381. The molecule has 1 N–H and O–H groups in total. The zero-order valence-corrected chi connectivity index (χ0v) is 16.7. The Kier molecular flexibility index (Phi) is 5.85. The molecule has 0 fully saturated rings. The van der Waals surface area contributed by atoms with E-state index >= 15 is 0 Å². The Balaban J connectivity index is 1.55. The predicted molar refractivity (Wildman–Crippen MR) is 117 cm³/mol. The van der Waals surface area contributed by atoms with Crippen molar-refractivity contribution in [1.82, 2.24) is 19.9 Å². The number of fused-ring (bicyclic) bond motifs is 1. The van der Waals surface area contributed by atoms with Gasteiger partial charge in [-0.1, -0.05) is 54.6 Å². The number of rotatable bonds is 7. The molecule has 0 unspecified atom stereocenters. The van der Waals surface area contributed by atoms with Crippen LogP contribution >= 0.6 is 0 Å². The van der Waals surface area contributed by atoms with E-state index in [1.54, 1.807) is 7.11 Å². The van der Waals surface area contributed by atoms with E-state index in [0.717, 1.165) is 22.6 Å². The molecule has 0 radical (unpaired) electrons. The number of aromatic nitrogens is 3. The first-order valence-electron chi connectivity index (χ1n) is 9.73. The number of hydrogen-bond donors (Lipinski definition) is 1. The van der Waals surface area contributed by atoms with Crippen molar-refractivity contribution in [3.05, 3.63) is 95.9 Å². The Hall–Kier alpha value is -3.93. The summed E-state index contributed by atoms with van der Waals surface area (Å²) >= 11 is 0. The van der Waals surface area contributed by atoms with Crippen LogP contribution in [-0.4, -0.2) is 34.2 Å². The number of carbonyl (C=O) groups excluding carboxylic acids is 1. The molecule has 0 saturated heterocycles. The lowest BCUT2D eigenvalue weighted by atomic mass is 10.0. The summed E-state index contributed by atoms with van der Waals surface area (Å²) in [4.78, 5) is 13.1. The molecule has 150 valence electrons. The Labute approximate surface area is 174 Å². The molecule has 30 heavy (non-hydrogen) atoms. The van der Waals surface area contributed by atoms with E-state index in [-0.39, 0.29) is 5.91 Å². The van der Waals surface area contributed by atoms with Gasteiger partial charge in [0.05, 0.1) is 7.11 Å². The van der Waals surface area contributed by atoms with E-state index in [4.69, 9.17) is 4.74 Å². The molecule has 0 aliphatic rings. The lowest BCUT2D eigenvalue weighted by molar-refractivity contribution is -0.115. The number of amides is 1. The van der Waals surface area contributed by atoms with Gasteiger partial charge in [-0.25, -0.2) is 0 Å². The van der Waals surface area contributed by atoms with E-state index in [1.807, 2.05) is 89.5 Å².